The minimum atomic E-state index is -0.899. The Bertz CT molecular complexity index is 968. The molecule has 7 heteroatoms. The molecule has 1 aromatic carbocycles. The lowest BCUT2D eigenvalue weighted by atomic mass is 9.91. The number of nitrogens with zero attached hydrogens (tertiary/aromatic N) is 3. The second-order valence-electron chi connectivity index (χ2n) is 9.39. The van der Waals surface area contributed by atoms with E-state index in [1.807, 2.05) is 25.3 Å². The summed E-state index contributed by atoms with van der Waals surface area (Å²) in [4.78, 5) is 13.5. The van der Waals surface area contributed by atoms with Gasteiger partial charge in [0.1, 0.15) is 5.75 Å². The molecule has 0 radical (unpaired) electrons. The van der Waals surface area contributed by atoms with Crippen LogP contribution in [0.3, 0.4) is 0 Å². The van der Waals surface area contributed by atoms with Crippen LogP contribution >= 0.6 is 0 Å². The number of benzene rings is 1. The normalized spacial score (nSPS) is 26.3. The van der Waals surface area contributed by atoms with Gasteiger partial charge in [-0.25, -0.2) is 4.79 Å². The second-order valence-corrected chi connectivity index (χ2v) is 9.39. The number of ether oxygens (including phenoxy) is 1. The Morgan fingerprint density at radius 1 is 1.23 bits per heavy atom. The number of amides is 1. The average molecular weight is 425 g/mol. The van der Waals surface area contributed by atoms with Crippen molar-refractivity contribution in [3.63, 3.8) is 0 Å². The number of fused-ring (bicyclic) bond motifs is 1. The van der Waals surface area contributed by atoms with Gasteiger partial charge in [-0.1, -0.05) is 0 Å². The van der Waals surface area contributed by atoms with E-state index in [1.54, 1.807) is 0 Å². The maximum atomic E-state index is 12.0. The standard InChI is InChI=1S/C24H32N4O3/c1-15-12-18(10-11-25-15)27-14-17(13-26-27)20-8-9-22-21(23(20)31-19-4-3-5-19)7-6-16(2)28(22)24(29)30/h8-9,13-16,18-19,25H,3-7,10-12H2,1-2H3,(H,29,30)/t15-,16-,18-/m0/s1. The fourth-order valence-corrected chi connectivity index (χ4v) is 5.14. The molecule has 1 saturated carbocycles. The van der Waals surface area contributed by atoms with Crippen LogP contribution in [0.4, 0.5) is 10.5 Å². The number of piperidine rings is 1. The highest BCUT2D eigenvalue weighted by Gasteiger charge is 2.33. The van der Waals surface area contributed by atoms with E-state index in [2.05, 4.69) is 23.1 Å². The molecule has 2 aliphatic heterocycles. The first-order chi connectivity index (χ1) is 15.0. The van der Waals surface area contributed by atoms with Crippen LogP contribution in [0.25, 0.3) is 11.1 Å². The van der Waals surface area contributed by atoms with Gasteiger partial charge in [0, 0.05) is 35.0 Å². The van der Waals surface area contributed by atoms with Crippen LogP contribution in [0.5, 0.6) is 5.75 Å². The maximum Gasteiger partial charge on any atom is 0.412 e. The van der Waals surface area contributed by atoms with E-state index in [0.717, 1.165) is 73.2 Å². The number of anilines is 1. The highest BCUT2D eigenvalue weighted by molar-refractivity contribution is 5.91. The minimum Gasteiger partial charge on any atom is -0.489 e. The van der Waals surface area contributed by atoms with Gasteiger partial charge in [-0.15, -0.1) is 0 Å². The van der Waals surface area contributed by atoms with Crippen molar-refractivity contribution in [2.24, 2.45) is 0 Å². The zero-order valence-corrected chi connectivity index (χ0v) is 18.4. The first kappa shape index (κ1) is 20.4. The molecule has 5 rings (SSSR count). The Balaban J connectivity index is 1.53. The third kappa shape index (κ3) is 3.80. The van der Waals surface area contributed by atoms with Crippen LogP contribution in [0.1, 0.15) is 64.0 Å². The molecule has 2 fully saturated rings. The Hall–Kier alpha value is -2.54. The van der Waals surface area contributed by atoms with Gasteiger partial charge in [0.2, 0.25) is 0 Å². The number of nitrogens with one attached hydrogen (secondary N) is 1. The van der Waals surface area contributed by atoms with E-state index in [1.165, 1.54) is 11.3 Å². The largest absolute Gasteiger partial charge is 0.489 e. The van der Waals surface area contributed by atoms with E-state index in [9.17, 15) is 9.90 Å². The van der Waals surface area contributed by atoms with Crippen molar-refractivity contribution in [2.45, 2.75) is 83.0 Å². The molecule has 1 aromatic heterocycles. The van der Waals surface area contributed by atoms with Crippen molar-refractivity contribution in [3.05, 3.63) is 30.1 Å². The van der Waals surface area contributed by atoms with E-state index in [0.29, 0.717) is 12.1 Å². The summed E-state index contributed by atoms with van der Waals surface area (Å²) in [5, 5.41) is 18.0. The summed E-state index contributed by atoms with van der Waals surface area (Å²) in [6.07, 6.45) is 10.5. The van der Waals surface area contributed by atoms with Crippen LogP contribution in [0.15, 0.2) is 24.5 Å². The Labute approximate surface area is 183 Å². The van der Waals surface area contributed by atoms with Crippen LogP contribution < -0.4 is 15.0 Å². The van der Waals surface area contributed by atoms with E-state index in [-0.39, 0.29) is 12.1 Å². The van der Waals surface area contributed by atoms with Crippen LogP contribution in [0, 0.1) is 0 Å². The number of rotatable bonds is 4. The Kier molecular flexibility index (Phi) is 5.38. The number of carboxylic acid groups (broad SMARTS) is 1. The zero-order valence-electron chi connectivity index (χ0n) is 18.4. The third-order valence-electron chi connectivity index (χ3n) is 7.17. The smallest absolute Gasteiger partial charge is 0.412 e. The van der Waals surface area contributed by atoms with Gasteiger partial charge in [0.25, 0.3) is 0 Å². The van der Waals surface area contributed by atoms with Crippen LogP contribution in [-0.4, -0.2) is 45.7 Å². The van der Waals surface area contributed by atoms with Crippen molar-refractivity contribution in [2.75, 3.05) is 11.4 Å². The summed E-state index contributed by atoms with van der Waals surface area (Å²) in [6.45, 7) is 5.21. The fourth-order valence-electron chi connectivity index (χ4n) is 5.14. The monoisotopic (exact) mass is 424 g/mol. The van der Waals surface area contributed by atoms with Gasteiger partial charge >= 0.3 is 6.09 Å². The Morgan fingerprint density at radius 2 is 2.06 bits per heavy atom. The first-order valence-corrected chi connectivity index (χ1v) is 11.6. The molecule has 31 heavy (non-hydrogen) atoms. The van der Waals surface area contributed by atoms with Gasteiger partial charge in [-0.2, -0.15) is 5.10 Å². The van der Waals surface area contributed by atoms with Crippen molar-refractivity contribution >= 4 is 11.8 Å². The van der Waals surface area contributed by atoms with Crippen molar-refractivity contribution in [3.8, 4) is 16.9 Å². The molecule has 1 saturated heterocycles. The molecule has 7 nitrogen and oxygen atoms in total. The summed E-state index contributed by atoms with van der Waals surface area (Å²) < 4.78 is 8.60. The highest BCUT2D eigenvalue weighted by atomic mass is 16.5. The molecule has 0 spiro atoms. The lowest BCUT2D eigenvalue weighted by molar-refractivity contribution is 0.119. The number of aromatic nitrogens is 2. The molecule has 0 unspecified atom stereocenters. The quantitative estimate of drug-likeness (QED) is 0.749. The summed E-state index contributed by atoms with van der Waals surface area (Å²) >= 11 is 0. The van der Waals surface area contributed by atoms with E-state index < -0.39 is 6.09 Å². The third-order valence-corrected chi connectivity index (χ3v) is 7.17. The molecule has 1 amide bonds. The number of hydrogen-bond acceptors (Lipinski definition) is 4. The van der Waals surface area contributed by atoms with Gasteiger partial charge in [0.05, 0.1) is 24.0 Å². The minimum absolute atomic E-state index is 0.0305. The molecular formula is C24H32N4O3. The lowest BCUT2D eigenvalue weighted by Gasteiger charge is -2.36. The molecule has 166 valence electrons. The van der Waals surface area contributed by atoms with Gasteiger partial charge in [-0.05, 0) is 77.5 Å². The summed E-state index contributed by atoms with van der Waals surface area (Å²) in [5.41, 5.74) is 3.86. The highest BCUT2D eigenvalue weighted by Crippen LogP contribution is 2.44. The summed E-state index contributed by atoms with van der Waals surface area (Å²) in [6, 6.07) is 4.84. The molecular weight excluding hydrogens is 392 g/mol. The average Bonchev–Trinajstić information content (AvgIpc) is 3.20. The van der Waals surface area contributed by atoms with E-state index >= 15 is 0 Å². The molecule has 3 aliphatic rings. The summed E-state index contributed by atoms with van der Waals surface area (Å²) in [5.74, 6) is 0.860. The zero-order chi connectivity index (χ0) is 21.5. The molecule has 1 aliphatic carbocycles. The predicted octanol–water partition coefficient (Wildman–Crippen LogP) is 4.61. The van der Waals surface area contributed by atoms with E-state index in [4.69, 9.17) is 9.84 Å². The molecule has 2 aromatic rings. The Morgan fingerprint density at radius 3 is 2.77 bits per heavy atom. The van der Waals surface area contributed by atoms with Gasteiger partial charge in [-0.3, -0.25) is 9.58 Å². The fraction of sp³-hybridized carbons (Fsp3) is 0.583. The lowest BCUT2D eigenvalue weighted by Crippen LogP contribution is -2.41. The number of carbonyl (C=O) groups is 1. The SMILES string of the molecule is C[C@H]1C[C@@H](n2cc(-c3ccc4c(c3OC3CCC3)CC[C@H](C)N4C(=O)O)cn2)CCN1. The molecule has 0 bridgehead atoms. The topological polar surface area (TPSA) is 79.6 Å². The summed E-state index contributed by atoms with van der Waals surface area (Å²) in [7, 11) is 0. The van der Waals surface area contributed by atoms with Crippen molar-refractivity contribution in [1.29, 1.82) is 0 Å². The molecule has 3 heterocycles. The van der Waals surface area contributed by atoms with Crippen molar-refractivity contribution < 1.29 is 14.6 Å². The van der Waals surface area contributed by atoms with Gasteiger partial charge < -0.3 is 15.2 Å². The molecule has 3 atom stereocenters. The van der Waals surface area contributed by atoms with Crippen molar-refractivity contribution in [1.82, 2.24) is 15.1 Å². The van der Waals surface area contributed by atoms with Crippen LogP contribution in [0.2, 0.25) is 0 Å². The maximum absolute atomic E-state index is 12.0. The van der Waals surface area contributed by atoms with Crippen LogP contribution in [-0.2, 0) is 6.42 Å². The second kappa shape index (κ2) is 8.19. The predicted molar refractivity (Wildman–Crippen MR) is 120 cm³/mol. The van der Waals surface area contributed by atoms with Gasteiger partial charge in [0.15, 0.2) is 0 Å². The number of hydrogen-bond donors (Lipinski definition) is 2. The molecule has 2 N–H and O–H groups in total. The first-order valence-electron chi connectivity index (χ1n) is 11.6.